The van der Waals surface area contributed by atoms with E-state index in [1.165, 1.54) is 4.31 Å². The van der Waals surface area contributed by atoms with Crippen LogP contribution in [0, 0.1) is 0 Å². The van der Waals surface area contributed by atoms with E-state index in [-0.39, 0.29) is 11.4 Å². The van der Waals surface area contributed by atoms with Gasteiger partial charge in [-0.25, -0.2) is 8.42 Å². The second-order valence-electron chi connectivity index (χ2n) is 4.14. The Morgan fingerprint density at radius 1 is 1.43 bits per heavy atom. The summed E-state index contributed by atoms with van der Waals surface area (Å²) in [4.78, 5) is 0. The molecule has 0 amide bonds. The lowest BCUT2D eigenvalue weighted by Crippen LogP contribution is -2.48. The Labute approximate surface area is 92.5 Å². The third-order valence-corrected chi connectivity index (χ3v) is 5.91. The first kappa shape index (κ1) is 14.2. The van der Waals surface area contributed by atoms with Gasteiger partial charge >= 0.3 is 0 Å². The van der Waals surface area contributed by atoms with Gasteiger partial charge in [-0.1, -0.05) is 6.92 Å². The van der Waals surface area contributed by atoms with Crippen molar-refractivity contribution < 1.29 is 8.42 Å². The number of halogens is 1. The molecular weight excluding hydrogens is 222 g/mol. The monoisotopic (exact) mass is 241 g/mol. The minimum atomic E-state index is -3.26. The standard InChI is InChI=1S/C9H20ClNO2S/c1-6-9(3,4)11(5)14(12,13)8(2)7-10/h8H,6-7H2,1-5H3. The van der Waals surface area contributed by atoms with E-state index in [1.807, 2.05) is 20.8 Å². The molecule has 0 aromatic carbocycles. The Kier molecular flexibility index (Phi) is 4.88. The topological polar surface area (TPSA) is 37.4 Å². The first-order chi connectivity index (χ1) is 6.20. The lowest BCUT2D eigenvalue weighted by Gasteiger charge is -2.35. The first-order valence-electron chi connectivity index (χ1n) is 4.74. The SMILES string of the molecule is CCC(C)(C)N(C)S(=O)(=O)C(C)CCl. The van der Waals surface area contributed by atoms with Crippen molar-refractivity contribution in [1.82, 2.24) is 4.31 Å². The predicted octanol–water partition coefficient (Wildman–Crippen LogP) is 2.06. The molecule has 0 fully saturated rings. The molecule has 0 rings (SSSR count). The molecule has 1 atom stereocenters. The molecule has 1 unspecified atom stereocenters. The smallest absolute Gasteiger partial charge is 0.212 e. The van der Waals surface area contributed by atoms with Crippen LogP contribution in [0.15, 0.2) is 0 Å². The van der Waals surface area contributed by atoms with E-state index in [2.05, 4.69) is 0 Å². The number of hydrogen-bond donors (Lipinski definition) is 0. The maximum absolute atomic E-state index is 11.9. The van der Waals surface area contributed by atoms with Crippen molar-refractivity contribution in [2.75, 3.05) is 12.9 Å². The number of rotatable bonds is 5. The van der Waals surface area contributed by atoms with E-state index in [0.717, 1.165) is 6.42 Å². The molecule has 86 valence electrons. The molecule has 0 aliphatic carbocycles. The third kappa shape index (κ3) is 2.84. The van der Waals surface area contributed by atoms with Crippen molar-refractivity contribution in [3.63, 3.8) is 0 Å². The van der Waals surface area contributed by atoms with Gasteiger partial charge in [-0.3, -0.25) is 0 Å². The summed E-state index contributed by atoms with van der Waals surface area (Å²) in [6.45, 7) is 7.42. The fourth-order valence-electron chi connectivity index (χ4n) is 0.917. The highest BCUT2D eigenvalue weighted by Gasteiger charge is 2.34. The molecule has 0 saturated carbocycles. The minimum absolute atomic E-state index is 0.131. The van der Waals surface area contributed by atoms with Crippen LogP contribution in [0.4, 0.5) is 0 Å². The lowest BCUT2D eigenvalue weighted by molar-refractivity contribution is 0.255. The minimum Gasteiger partial charge on any atom is -0.212 e. The summed E-state index contributed by atoms with van der Waals surface area (Å²) in [5, 5.41) is -0.528. The van der Waals surface area contributed by atoms with Crippen molar-refractivity contribution in [3.05, 3.63) is 0 Å². The van der Waals surface area contributed by atoms with E-state index in [4.69, 9.17) is 11.6 Å². The fourth-order valence-corrected chi connectivity index (χ4v) is 2.91. The summed E-state index contributed by atoms with van der Waals surface area (Å²) < 4.78 is 25.2. The second-order valence-corrected chi connectivity index (χ2v) is 6.83. The Morgan fingerprint density at radius 3 is 2.14 bits per heavy atom. The van der Waals surface area contributed by atoms with Gasteiger partial charge in [0.05, 0.1) is 5.25 Å². The van der Waals surface area contributed by atoms with Gasteiger partial charge in [0.25, 0.3) is 0 Å². The Bertz CT molecular complexity index is 275. The molecule has 14 heavy (non-hydrogen) atoms. The molecule has 0 aromatic heterocycles. The van der Waals surface area contributed by atoms with Crippen molar-refractivity contribution in [2.24, 2.45) is 0 Å². The molecule has 5 heteroatoms. The molecule has 0 aliphatic rings. The van der Waals surface area contributed by atoms with Crippen LogP contribution in [0.1, 0.15) is 34.1 Å². The quantitative estimate of drug-likeness (QED) is 0.691. The van der Waals surface area contributed by atoms with Crippen molar-refractivity contribution in [1.29, 1.82) is 0 Å². The summed E-state index contributed by atoms with van der Waals surface area (Å²) in [6.07, 6.45) is 0.776. The van der Waals surface area contributed by atoms with Crippen LogP contribution in [-0.4, -0.2) is 36.4 Å². The average Bonchev–Trinajstić information content (AvgIpc) is 2.15. The highest BCUT2D eigenvalue weighted by molar-refractivity contribution is 7.89. The van der Waals surface area contributed by atoms with Gasteiger partial charge in [0.2, 0.25) is 10.0 Å². The van der Waals surface area contributed by atoms with Crippen LogP contribution < -0.4 is 0 Å². The van der Waals surface area contributed by atoms with E-state index in [9.17, 15) is 8.42 Å². The van der Waals surface area contributed by atoms with Gasteiger partial charge < -0.3 is 0 Å². The van der Waals surface area contributed by atoms with Crippen LogP contribution in [0.5, 0.6) is 0 Å². The average molecular weight is 242 g/mol. The Morgan fingerprint density at radius 2 is 1.86 bits per heavy atom. The predicted molar refractivity (Wildman–Crippen MR) is 61.2 cm³/mol. The number of alkyl halides is 1. The molecule has 0 heterocycles. The molecule has 0 aromatic rings. The normalized spacial score (nSPS) is 15.9. The van der Waals surface area contributed by atoms with Gasteiger partial charge in [0.15, 0.2) is 0 Å². The summed E-state index contributed by atoms with van der Waals surface area (Å²) in [5.74, 6) is 0.131. The van der Waals surface area contributed by atoms with Crippen LogP contribution >= 0.6 is 11.6 Å². The van der Waals surface area contributed by atoms with Crippen LogP contribution in [0.25, 0.3) is 0 Å². The zero-order valence-corrected chi connectivity index (χ0v) is 11.1. The van der Waals surface area contributed by atoms with Crippen molar-refractivity contribution in [3.8, 4) is 0 Å². The van der Waals surface area contributed by atoms with Crippen LogP contribution in [-0.2, 0) is 10.0 Å². The molecule has 0 spiro atoms. The van der Waals surface area contributed by atoms with E-state index < -0.39 is 15.3 Å². The maximum atomic E-state index is 11.9. The lowest BCUT2D eigenvalue weighted by atomic mass is 10.0. The van der Waals surface area contributed by atoms with E-state index in [0.29, 0.717) is 0 Å². The zero-order chi connectivity index (χ0) is 11.6. The van der Waals surface area contributed by atoms with Gasteiger partial charge in [-0.05, 0) is 27.2 Å². The molecule has 0 radical (unpaired) electrons. The highest BCUT2D eigenvalue weighted by Crippen LogP contribution is 2.22. The Balaban J connectivity index is 4.94. The molecule has 0 saturated heterocycles. The number of sulfonamides is 1. The molecule has 3 nitrogen and oxygen atoms in total. The van der Waals surface area contributed by atoms with Crippen LogP contribution in [0.3, 0.4) is 0 Å². The van der Waals surface area contributed by atoms with Crippen LogP contribution in [0.2, 0.25) is 0 Å². The second kappa shape index (κ2) is 4.81. The van der Waals surface area contributed by atoms with Gasteiger partial charge in [0, 0.05) is 18.5 Å². The third-order valence-electron chi connectivity index (χ3n) is 2.83. The van der Waals surface area contributed by atoms with Gasteiger partial charge in [-0.15, -0.1) is 11.6 Å². The van der Waals surface area contributed by atoms with E-state index >= 15 is 0 Å². The maximum Gasteiger partial charge on any atom is 0.218 e. The van der Waals surface area contributed by atoms with Crippen molar-refractivity contribution in [2.45, 2.75) is 44.9 Å². The van der Waals surface area contributed by atoms with Crippen molar-refractivity contribution >= 4 is 21.6 Å². The largest absolute Gasteiger partial charge is 0.218 e. The molecule has 0 N–H and O–H groups in total. The molecule has 0 aliphatic heterocycles. The summed E-state index contributed by atoms with van der Waals surface area (Å²) in [5.41, 5.74) is -0.348. The first-order valence-corrected chi connectivity index (χ1v) is 6.77. The number of nitrogens with zero attached hydrogens (tertiary/aromatic N) is 1. The number of hydrogen-bond acceptors (Lipinski definition) is 2. The highest BCUT2D eigenvalue weighted by atomic mass is 35.5. The zero-order valence-electron chi connectivity index (χ0n) is 9.54. The van der Waals surface area contributed by atoms with E-state index in [1.54, 1.807) is 14.0 Å². The summed E-state index contributed by atoms with van der Waals surface area (Å²) >= 11 is 5.57. The van der Waals surface area contributed by atoms with Gasteiger partial charge in [0.1, 0.15) is 0 Å². The summed E-state index contributed by atoms with van der Waals surface area (Å²) in [6, 6.07) is 0. The van der Waals surface area contributed by atoms with Gasteiger partial charge in [-0.2, -0.15) is 4.31 Å². The fraction of sp³-hybridized carbons (Fsp3) is 1.00. The molecule has 0 bridgehead atoms. The molecular formula is C9H20ClNO2S. The summed E-state index contributed by atoms with van der Waals surface area (Å²) in [7, 11) is -1.64. The Hall–Kier alpha value is 0.200.